The Bertz CT molecular complexity index is 383. The number of hydrogen-bond donors (Lipinski definition) is 0. The quantitative estimate of drug-likeness (QED) is 0.384. The fourth-order valence-corrected chi connectivity index (χ4v) is 2.71. The summed E-state index contributed by atoms with van der Waals surface area (Å²) in [6.07, 6.45) is 15.1. The Morgan fingerprint density at radius 2 is 1.18 bits per heavy atom. The standard InChI is InChI=1S/C18H29NO3/c1-16(20)12-10-8-6-4-2-3-5-7-9-11-15-19-17(21)13-14-18(19)22/h13-14H,2-12,15H2,1H3. The molecule has 0 aromatic heterocycles. The van der Waals surface area contributed by atoms with E-state index in [0.717, 1.165) is 25.7 Å². The topological polar surface area (TPSA) is 54.5 Å². The van der Waals surface area contributed by atoms with E-state index in [0.29, 0.717) is 12.3 Å². The zero-order chi connectivity index (χ0) is 16.2. The maximum atomic E-state index is 11.3. The molecule has 1 heterocycles. The zero-order valence-electron chi connectivity index (χ0n) is 13.8. The molecule has 0 radical (unpaired) electrons. The van der Waals surface area contributed by atoms with Gasteiger partial charge in [0.05, 0.1) is 0 Å². The Labute approximate surface area is 133 Å². The average Bonchev–Trinajstić information content (AvgIpc) is 2.79. The molecule has 0 fully saturated rings. The van der Waals surface area contributed by atoms with Gasteiger partial charge >= 0.3 is 0 Å². The molecule has 4 heteroatoms. The van der Waals surface area contributed by atoms with E-state index in [2.05, 4.69) is 0 Å². The molecule has 1 aliphatic heterocycles. The monoisotopic (exact) mass is 307 g/mol. The third kappa shape index (κ3) is 8.11. The number of rotatable bonds is 13. The van der Waals surface area contributed by atoms with Crippen molar-refractivity contribution in [1.82, 2.24) is 4.90 Å². The van der Waals surface area contributed by atoms with Crippen molar-refractivity contribution in [3.05, 3.63) is 12.2 Å². The summed E-state index contributed by atoms with van der Waals surface area (Å²) in [5.41, 5.74) is 0. The van der Waals surface area contributed by atoms with Crippen LogP contribution in [0.5, 0.6) is 0 Å². The Morgan fingerprint density at radius 3 is 1.64 bits per heavy atom. The molecule has 0 aromatic carbocycles. The molecule has 0 spiro atoms. The van der Waals surface area contributed by atoms with Crippen LogP contribution in [0.2, 0.25) is 0 Å². The fraction of sp³-hybridized carbons (Fsp3) is 0.722. The lowest BCUT2D eigenvalue weighted by atomic mass is 10.1. The van der Waals surface area contributed by atoms with Crippen molar-refractivity contribution >= 4 is 17.6 Å². The van der Waals surface area contributed by atoms with Crippen LogP contribution >= 0.6 is 0 Å². The number of amides is 2. The summed E-state index contributed by atoms with van der Waals surface area (Å²) in [5, 5.41) is 0. The molecule has 0 aromatic rings. The molecule has 1 aliphatic rings. The SMILES string of the molecule is CC(=O)CCCCCCCCCCCCN1C(=O)C=CC1=O. The van der Waals surface area contributed by atoms with Crippen LogP contribution in [0.4, 0.5) is 0 Å². The van der Waals surface area contributed by atoms with Gasteiger partial charge in [-0.25, -0.2) is 0 Å². The van der Waals surface area contributed by atoms with E-state index in [1.54, 1.807) is 6.92 Å². The van der Waals surface area contributed by atoms with Crippen LogP contribution in [0.25, 0.3) is 0 Å². The van der Waals surface area contributed by atoms with Gasteiger partial charge in [0.1, 0.15) is 5.78 Å². The number of carbonyl (C=O) groups excluding carboxylic acids is 3. The van der Waals surface area contributed by atoms with Gasteiger partial charge in [-0.1, -0.05) is 51.4 Å². The van der Waals surface area contributed by atoms with Crippen molar-refractivity contribution in [3.8, 4) is 0 Å². The van der Waals surface area contributed by atoms with E-state index in [4.69, 9.17) is 0 Å². The number of Topliss-reactive ketones (excluding diaryl/α,β-unsaturated/α-hetero) is 1. The summed E-state index contributed by atoms with van der Waals surface area (Å²) in [5.74, 6) is -0.0438. The van der Waals surface area contributed by atoms with Crippen LogP contribution < -0.4 is 0 Å². The molecule has 1 rings (SSSR count). The highest BCUT2D eigenvalue weighted by Crippen LogP contribution is 2.12. The number of unbranched alkanes of at least 4 members (excludes halogenated alkanes) is 9. The van der Waals surface area contributed by atoms with Gasteiger partial charge < -0.3 is 4.79 Å². The number of ketones is 1. The first-order valence-corrected chi connectivity index (χ1v) is 8.64. The van der Waals surface area contributed by atoms with Gasteiger partial charge in [0.15, 0.2) is 0 Å². The molecule has 22 heavy (non-hydrogen) atoms. The smallest absolute Gasteiger partial charge is 0.253 e. The van der Waals surface area contributed by atoms with Crippen LogP contribution in [0.1, 0.15) is 77.6 Å². The van der Waals surface area contributed by atoms with Crippen molar-refractivity contribution in [2.45, 2.75) is 77.6 Å². The predicted octanol–water partition coefficient (Wildman–Crippen LogP) is 3.79. The second-order valence-corrected chi connectivity index (χ2v) is 6.15. The Kier molecular flexibility index (Phi) is 9.44. The maximum Gasteiger partial charge on any atom is 0.253 e. The molecule has 2 amide bonds. The molecular formula is C18H29NO3. The molecule has 0 unspecified atom stereocenters. The Morgan fingerprint density at radius 1 is 0.773 bits per heavy atom. The predicted molar refractivity (Wildman–Crippen MR) is 87.3 cm³/mol. The average molecular weight is 307 g/mol. The van der Waals surface area contributed by atoms with Gasteiger partial charge in [-0.2, -0.15) is 0 Å². The molecule has 124 valence electrons. The highest BCUT2D eigenvalue weighted by atomic mass is 16.2. The third-order valence-electron chi connectivity index (χ3n) is 4.06. The van der Waals surface area contributed by atoms with Crippen LogP contribution in [-0.2, 0) is 14.4 Å². The first kappa shape index (κ1) is 18.6. The fourth-order valence-electron chi connectivity index (χ4n) is 2.71. The van der Waals surface area contributed by atoms with Crippen molar-refractivity contribution in [1.29, 1.82) is 0 Å². The summed E-state index contributed by atoms with van der Waals surface area (Å²) in [4.78, 5) is 34.8. The van der Waals surface area contributed by atoms with Gasteiger partial charge in [-0.15, -0.1) is 0 Å². The largest absolute Gasteiger partial charge is 0.300 e. The summed E-state index contributed by atoms with van der Waals surface area (Å²) in [6, 6.07) is 0. The van der Waals surface area contributed by atoms with Gasteiger partial charge in [0, 0.05) is 25.1 Å². The van der Waals surface area contributed by atoms with E-state index in [-0.39, 0.29) is 11.8 Å². The van der Waals surface area contributed by atoms with E-state index in [1.807, 2.05) is 0 Å². The Balaban J connectivity index is 1.81. The summed E-state index contributed by atoms with van der Waals surface area (Å²) in [6.45, 7) is 2.22. The minimum Gasteiger partial charge on any atom is -0.300 e. The number of carbonyl (C=O) groups is 3. The van der Waals surface area contributed by atoms with E-state index < -0.39 is 0 Å². The first-order valence-electron chi connectivity index (χ1n) is 8.64. The van der Waals surface area contributed by atoms with Crippen molar-refractivity contribution < 1.29 is 14.4 Å². The lowest BCUT2D eigenvalue weighted by Crippen LogP contribution is -2.30. The molecule has 0 N–H and O–H groups in total. The highest BCUT2D eigenvalue weighted by molar-refractivity contribution is 6.12. The minimum atomic E-state index is -0.172. The van der Waals surface area contributed by atoms with Crippen LogP contribution in [0.3, 0.4) is 0 Å². The zero-order valence-corrected chi connectivity index (χ0v) is 13.8. The van der Waals surface area contributed by atoms with Crippen molar-refractivity contribution in [2.24, 2.45) is 0 Å². The van der Waals surface area contributed by atoms with E-state index in [9.17, 15) is 14.4 Å². The third-order valence-corrected chi connectivity index (χ3v) is 4.06. The van der Waals surface area contributed by atoms with Crippen LogP contribution in [-0.4, -0.2) is 29.0 Å². The molecule has 0 atom stereocenters. The molecule has 4 nitrogen and oxygen atoms in total. The number of hydrogen-bond acceptors (Lipinski definition) is 3. The molecular weight excluding hydrogens is 278 g/mol. The lowest BCUT2D eigenvalue weighted by molar-refractivity contribution is -0.136. The second kappa shape index (κ2) is 11.2. The van der Waals surface area contributed by atoms with Crippen LogP contribution in [0.15, 0.2) is 12.2 Å². The molecule has 0 bridgehead atoms. The Hall–Kier alpha value is -1.45. The van der Waals surface area contributed by atoms with Gasteiger partial charge in [0.25, 0.3) is 11.8 Å². The molecule has 0 aliphatic carbocycles. The first-order chi connectivity index (χ1) is 10.6. The number of imide groups is 1. The maximum absolute atomic E-state index is 11.3. The summed E-state index contributed by atoms with van der Waals surface area (Å²) < 4.78 is 0. The molecule has 0 saturated carbocycles. The van der Waals surface area contributed by atoms with Crippen LogP contribution in [0, 0.1) is 0 Å². The second-order valence-electron chi connectivity index (χ2n) is 6.15. The van der Waals surface area contributed by atoms with E-state index in [1.165, 1.54) is 62.0 Å². The number of nitrogens with zero attached hydrogens (tertiary/aromatic N) is 1. The summed E-state index contributed by atoms with van der Waals surface area (Å²) >= 11 is 0. The van der Waals surface area contributed by atoms with E-state index >= 15 is 0 Å². The van der Waals surface area contributed by atoms with Crippen molar-refractivity contribution in [2.75, 3.05) is 6.54 Å². The summed E-state index contributed by atoms with van der Waals surface area (Å²) in [7, 11) is 0. The van der Waals surface area contributed by atoms with Gasteiger partial charge in [0.2, 0.25) is 0 Å². The normalized spacial score (nSPS) is 14.1. The van der Waals surface area contributed by atoms with Gasteiger partial charge in [-0.3, -0.25) is 14.5 Å². The lowest BCUT2D eigenvalue weighted by Gasteiger charge is -2.12. The van der Waals surface area contributed by atoms with Gasteiger partial charge in [-0.05, 0) is 19.8 Å². The highest BCUT2D eigenvalue weighted by Gasteiger charge is 2.21. The molecule has 0 saturated heterocycles. The van der Waals surface area contributed by atoms with Crippen molar-refractivity contribution in [3.63, 3.8) is 0 Å². The minimum absolute atomic E-state index is 0.172.